The fourth-order valence-electron chi connectivity index (χ4n) is 2.48. The van der Waals surface area contributed by atoms with Gasteiger partial charge in [0.15, 0.2) is 11.5 Å². The van der Waals surface area contributed by atoms with Crippen LogP contribution in [0.3, 0.4) is 0 Å². The topological polar surface area (TPSA) is 90.7 Å². The van der Waals surface area contributed by atoms with E-state index in [4.69, 9.17) is 20.3 Å². The summed E-state index contributed by atoms with van der Waals surface area (Å²) in [6.07, 6.45) is 8.36. The molecule has 136 valence electrons. The maximum Gasteiger partial charge on any atom is 0.349 e. The molecule has 0 atom stereocenters. The van der Waals surface area contributed by atoms with Gasteiger partial charge in [0.05, 0.1) is 7.11 Å². The Morgan fingerprint density at radius 2 is 2.15 bits per heavy atom. The summed E-state index contributed by atoms with van der Waals surface area (Å²) in [4.78, 5) is 28.8. The van der Waals surface area contributed by atoms with Gasteiger partial charge in [-0.3, -0.25) is 9.78 Å². The normalized spacial score (nSPS) is 10.3. The van der Waals surface area contributed by atoms with Crippen molar-refractivity contribution in [2.75, 3.05) is 19.0 Å². The molecule has 7 heteroatoms. The molecule has 0 aliphatic heterocycles. The summed E-state index contributed by atoms with van der Waals surface area (Å²) < 4.78 is 15.9. The van der Waals surface area contributed by atoms with Crippen molar-refractivity contribution in [2.45, 2.75) is 6.92 Å². The van der Waals surface area contributed by atoms with Gasteiger partial charge in [-0.2, -0.15) is 0 Å². The van der Waals surface area contributed by atoms with Gasteiger partial charge in [0, 0.05) is 29.5 Å². The lowest BCUT2D eigenvalue weighted by Crippen LogP contribution is -2.21. The minimum atomic E-state index is -0.764. The van der Waals surface area contributed by atoms with Gasteiger partial charge in [0.2, 0.25) is 0 Å². The van der Waals surface area contributed by atoms with Crippen LogP contribution in [0.25, 0.3) is 11.0 Å². The molecule has 0 spiro atoms. The maximum absolute atomic E-state index is 12.5. The van der Waals surface area contributed by atoms with E-state index in [-0.39, 0.29) is 17.8 Å². The number of rotatable bonds is 5. The number of carbonyl (C=O) groups excluding carboxylic acids is 1. The number of fused-ring (bicyclic) bond motifs is 1. The lowest BCUT2D eigenvalue weighted by Gasteiger charge is -2.11. The van der Waals surface area contributed by atoms with Crippen molar-refractivity contribution in [1.82, 2.24) is 4.98 Å². The smallest absolute Gasteiger partial charge is 0.349 e. The Kier molecular flexibility index (Phi) is 5.08. The number of benzene rings is 1. The van der Waals surface area contributed by atoms with Crippen LogP contribution in [0.5, 0.6) is 11.5 Å². The van der Waals surface area contributed by atoms with Crippen molar-refractivity contribution in [1.29, 1.82) is 0 Å². The van der Waals surface area contributed by atoms with Crippen LogP contribution < -0.4 is 20.4 Å². The third kappa shape index (κ3) is 3.75. The minimum absolute atomic E-state index is 0.0396. The Labute approximate surface area is 154 Å². The Hall–Kier alpha value is -3.79. The Morgan fingerprint density at radius 3 is 2.85 bits per heavy atom. The van der Waals surface area contributed by atoms with E-state index in [0.717, 1.165) is 5.56 Å². The molecular weight excluding hydrogens is 348 g/mol. The zero-order chi connectivity index (χ0) is 19.4. The summed E-state index contributed by atoms with van der Waals surface area (Å²) in [7, 11) is 1.48. The number of hydrogen-bond donors (Lipinski definition) is 1. The van der Waals surface area contributed by atoms with Crippen molar-refractivity contribution in [3.8, 4) is 23.8 Å². The second-order valence-corrected chi connectivity index (χ2v) is 5.63. The number of nitrogens with one attached hydrogen (secondary N) is 1. The average Bonchev–Trinajstić information content (AvgIpc) is 2.66. The monoisotopic (exact) mass is 364 g/mol. The van der Waals surface area contributed by atoms with Gasteiger partial charge in [-0.15, -0.1) is 6.42 Å². The summed E-state index contributed by atoms with van der Waals surface area (Å²) in [5.74, 6) is 2.52. The largest absolute Gasteiger partial charge is 0.493 e. The molecule has 3 aromatic rings. The molecule has 0 aliphatic rings. The number of terminal acetylenes is 1. The van der Waals surface area contributed by atoms with Gasteiger partial charge in [-0.05, 0) is 30.7 Å². The second-order valence-electron chi connectivity index (χ2n) is 5.63. The van der Waals surface area contributed by atoms with Crippen LogP contribution in [0.4, 0.5) is 5.69 Å². The van der Waals surface area contributed by atoms with E-state index in [1.54, 1.807) is 31.5 Å². The average molecular weight is 364 g/mol. The van der Waals surface area contributed by atoms with Crippen LogP contribution in [0.1, 0.15) is 15.9 Å². The van der Waals surface area contributed by atoms with Gasteiger partial charge in [0.25, 0.3) is 5.91 Å². The molecule has 0 saturated carbocycles. The van der Waals surface area contributed by atoms with Gasteiger partial charge < -0.3 is 19.2 Å². The first-order valence-electron chi connectivity index (χ1n) is 7.97. The fourth-order valence-corrected chi connectivity index (χ4v) is 2.48. The number of hydrogen-bond acceptors (Lipinski definition) is 6. The van der Waals surface area contributed by atoms with Crippen LogP contribution in [-0.2, 0) is 0 Å². The lowest BCUT2D eigenvalue weighted by atomic mass is 10.1. The van der Waals surface area contributed by atoms with E-state index < -0.39 is 11.5 Å². The maximum atomic E-state index is 12.5. The zero-order valence-corrected chi connectivity index (χ0v) is 14.7. The van der Waals surface area contributed by atoms with Crippen molar-refractivity contribution in [2.24, 2.45) is 0 Å². The number of methoxy groups -OCH3 is 1. The third-order valence-corrected chi connectivity index (χ3v) is 3.84. The van der Waals surface area contributed by atoms with Gasteiger partial charge >= 0.3 is 5.63 Å². The molecule has 0 fully saturated rings. The van der Waals surface area contributed by atoms with E-state index in [2.05, 4.69) is 16.2 Å². The highest BCUT2D eigenvalue weighted by Crippen LogP contribution is 2.32. The molecule has 0 radical (unpaired) electrons. The number of aromatic nitrogens is 1. The van der Waals surface area contributed by atoms with Gasteiger partial charge in [0.1, 0.15) is 17.8 Å². The summed E-state index contributed by atoms with van der Waals surface area (Å²) in [5.41, 5.74) is 0.695. The molecule has 0 bridgehead atoms. The predicted molar refractivity (Wildman–Crippen MR) is 100 cm³/mol. The molecule has 3 rings (SSSR count). The number of ether oxygens (including phenoxy) is 2. The first-order chi connectivity index (χ1) is 13.0. The van der Waals surface area contributed by atoms with Gasteiger partial charge in [-0.25, -0.2) is 4.79 Å². The molecule has 2 heterocycles. The number of pyridine rings is 1. The Morgan fingerprint density at radius 1 is 1.33 bits per heavy atom. The van der Waals surface area contributed by atoms with Crippen LogP contribution in [0, 0.1) is 19.3 Å². The molecule has 2 aromatic heterocycles. The first kappa shape index (κ1) is 18.0. The second kappa shape index (κ2) is 7.62. The molecule has 0 saturated heterocycles. The van der Waals surface area contributed by atoms with Crippen molar-refractivity contribution >= 4 is 22.6 Å². The standard InChI is InChI=1S/C20H16N2O5/c1-4-7-26-18-10-16-13(9-17(18)25-3)8-14(20(24)27-16)19(23)22-15-5-6-21-11-12(15)2/h1,5-6,8-11H,7H2,2-3H3,(H,21,22,23). The summed E-state index contributed by atoms with van der Waals surface area (Å²) in [6, 6.07) is 6.20. The summed E-state index contributed by atoms with van der Waals surface area (Å²) in [5, 5.41) is 3.19. The Balaban J connectivity index is 2.01. The quantitative estimate of drug-likeness (QED) is 0.553. The summed E-state index contributed by atoms with van der Waals surface area (Å²) in [6.45, 7) is 1.84. The van der Waals surface area contributed by atoms with Crippen LogP contribution in [0.2, 0.25) is 0 Å². The van der Waals surface area contributed by atoms with Crippen LogP contribution >= 0.6 is 0 Å². The van der Waals surface area contributed by atoms with Crippen molar-refractivity contribution < 1.29 is 18.7 Å². The molecule has 1 amide bonds. The molecule has 0 unspecified atom stereocenters. The zero-order valence-electron chi connectivity index (χ0n) is 14.7. The number of amides is 1. The molecule has 1 aromatic carbocycles. The van der Waals surface area contributed by atoms with Crippen LogP contribution in [-0.4, -0.2) is 24.6 Å². The van der Waals surface area contributed by atoms with Crippen molar-refractivity contribution in [3.05, 3.63) is 58.2 Å². The Bertz CT molecular complexity index is 1110. The minimum Gasteiger partial charge on any atom is -0.493 e. The van der Waals surface area contributed by atoms with E-state index in [1.807, 2.05) is 0 Å². The summed E-state index contributed by atoms with van der Waals surface area (Å²) >= 11 is 0. The molecule has 0 aliphatic carbocycles. The SMILES string of the molecule is C#CCOc1cc2oc(=O)c(C(=O)Nc3ccncc3C)cc2cc1OC. The van der Waals surface area contributed by atoms with E-state index in [9.17, 15) is 9.59 Å². The van der Waals surface area contributed by atoms with Gasteiger partial charge in [-0.1, -0.05) is 5.92 Å². The number of aryl methyl sites for hydroxylation is 1. The number of nitrogens with zero attached hydrogens (tertiary/aromatic N) is 1. The third-order valence-electron chi connectivity index (χ3n) is 3.84. The van der Waals surface area contributed by atoms with Crippen LogP contribution in [0.15, 0.2) is 45.9 Å². The number of carbonyl (C=O) groups is 1. The fraction of sp³-hybridized carbons (Fsp3) is 0.150. The van der Waals surface area contributed by atoms with E-state index >= 15 is 0 Å². The predicted octanol–water partition coefficient (Wildman–Crippen LogP) is 2.77. The van der Waals surface area contributed by atoms with Crippen molar-refractivity contribution in [3.63, 3.8) is 0 Å². The highest BCUT2D eigenvalue weighted by molar-refractivity contribution is 6.05. The van der Waals surface area contributed by atoms with E-state index in [0.29, 0.717) is 22.6 Å². The molecule has 1 N–H and O–H groups in total. The highest BCUT2D eigenvalue weighted by atomic mass is 16.5. The number of anilines is 1. The molecule has 27 heavy (non-hydrogen) atoms. The molecule has 7 nitrogen and oxygen atoms in total. The lowest BCUT2D eigenvalue weighted by molar-refractivity contribution is 0.102. The highest BCUT2D eigenvalue weighted by Gasteiger charge is 2.17. The first-order valence-corrected chi connectivity index (χ1v) is 7.97. The molecular formula is C20H16N2O5. The van der Waals surface area contributed by atoms with E-state index in [1.165, 1.54) is 19.2 Å².